The van der Waals surface area contributed by atoms with Crippen LogP contribution in [-0.2, 0) is 11.2 Å². The molecule has 4 heteroatoms. The molecule has 1 unspecified atom stereocenters. The van der Waals surface area contributed by atoms with Crippen molar-refractivity contribution in [3.05, 3.63) is 23.5 Å². The van der Waals surface area contributed by atoms with Gasteiger partial charge < -0.3 is 4.79 Å². The van der Waals surface area contributed by atoms with Crippen molar-refractivity contribution in [3.8, 4) is 0 Å². The van der Waals surface area contributed by atoms with Gasteiger partial charge in [-0.3, -0.25) is 4.40 Å². The number of aldehydes is 1. The molecule has 0 aromatic carbocycles. The summed E-state index contributed by atoms with van der Waals surface area (Å²) in [4.78, 5) is 15.9. The number of nitrogens with zero attached hydrogens (tertiary/aromatic N) is 2. The lowest BCUT2D eigenvalue weighted by atomic mass is 10.1. The van der Waals surface area contributed by atoms with Gasteiger partial charge in [0.2, 0.25) is 0 Å². The topological polar surface area (TPSA) is 34.4 Å². The smallest absolute Gasteiger partial charge is 0.193 e. The van der Waals surface area contributed by atoms with E-state index in [2.05, 4.69) is 4.98 Å². The van der Waals surface area contributed by atoms with Gasteiger partial charge in [-0.05, 0) is 12.8 Å². The molecule has 0 spiro atoms. The van der Waals surface area contributed by atoms with Crippen LogP contribution in [0.5, 0.6) is 0 Å². The SMILES string of the molecule is CC(C=O)CCc1cn2ccsc2n1. The van der Waals surface area contributed by atoms with E-state index in [0.717, 1.165) is 29.8 Å². The highest BCUT2D eigenvalue weighted by atomic mass is 32.1. The van der Waals surface area contributed by atoms with Gasteiger partial charge in [-0.1, -0.05) is 6.92 Å². The predicted octanol–water partition coefficient (Wildman–Crippen LogP) is 2.16. The number of carbonyl (C=O) groups excluding carboxylic acids is 1. The highest BCUT2D eigenvalue weighted by Gasteiger charge is 2.04. The third kappa shape index (κ3) is 1.85. The largest absolute Gasteiger partial charge is 0.303 e. The molecule has 2 rings (SSSR count). The molecule has 0 saturated heterocycles. The van der Waals surface area contributed by atoms with Crippen LogP contribution in [0.1, 0.15) is 19.0 Å². The molecule has 0 N–H and O–H groups in total. The van der Waals surface area contributed by atoms with E-state index in [9.17, 15) is 4.79 Å². The fraction of sp³-hybridized carbons (Fsp3) is 0.400. The van der Waals surface area contributed by atoms with Crippen LogP contribution in [0, 0.1) is 5.92 Å². The quantitative estimate of drug-likeness (QED) is 0.722. The van der Waals surface area contributed by atoms with Crippen molar-refractivity contribution in [1.82, 2.24) is 9.38 Å². The van der Waals surface area contributed by atoms with Gasteiger partial charge in [0.15, 0.2) is 4.96 Å². The highest BCUT2D eigenvalue weighted by molar-refractivity contribution is 7.15. The van der Waals surface area contributed by atoms with Crippen LogP contribution in [0.2, 0.25) is 0 Å². The minimum Gasteiger partial charge on any atom is -0.303 e. The second-order valence-corrected chi connectivity index (χ2v) is 4.35. The van der Waals surface area contributed by atoms with Crippen LogP contribution >= 0.6 is 11.3 Å². The first-order valence-electron chi connectivity index (χ1n) is 4.66. The number of thiazole rings is 1. The molecule has 0 aliphatic heterocycles. The van der Waals surface area contributed by atoms with Crippen LogP contribution in [-0.4, -0.2) is 15.7 Å². The Bertz CT molecular complexity index is 403. The maximum Gasteiger partial charge on any atom is 0.193 e. The minimum atomic E-state index is 0.134. The summed E-state index contributed by atoms with van der Waals surface area (Å²) < 4.78 is 2.02. The van der Waals surface area contributed by atoms with Gasteiger partial charge in [-0.2, -0.15) is 0 Å². The summed E-state index contributed by atoms with van der Waals surface area (Å²) in [5, 5.41) is 2.01. The fourth-order valence-electron chi connectivity index (χ4n) is 1.34. The Labute approximate surface area is 86.4 Å². The third-order valence-corrected chi connectivity index (χ3v) is 3.00. The Morgan fingerprint density at radius 1 is 1.71 bits per heavy atom. The molecule has 2 heterocycles. The lowest BCUT2D eigenvalue weighted by molar-refractivity contribution is -0.110. The first-order valence-corrected chi connectivity index (χ1v) is 5.54. The van der Waals surface area contributed by atoms with Gasteiger partial charge in [0.25, 0.3) is 0 Å². The summed E-state index contributed by atoms with van der Waals surface area (Å²) in [7, 11) is 0. The maximum atomic E-state index is 10.4. The third-order valence-electron chi connectivity index (χ3n) is 2.23. The normalized spacial score (nSPS) is 13.2. The van der Waals surface area contributed by atoms with Crippen LogP contribution < -0.4 is 0 Å². The number of carbonyl (C=O) groups is 1. The van der Waals surface area contributed by atoms with E-state index in [1.807, 2.05) is 29.1 Å². The molecule has 74 valence electrons. The molecule has 2 aromatic heterocycles. The molecule has 14 heavy (non-hydrogen) atoms. The highest BCUT2D eigenvalue weighted by Crippen LogP contribution is 2.13. The van der Waals surface area contributed by atoms with E-state index >= 15 is 0 Å². The van der Waals surface area contributed by atoms with Crippen molar-refractivity contribution in [1.29, 1.82) is 0 Å². The van der Waals surface area contributed by atoms with Gasteiger partial charge in [0, 0.05) is 23.7 Å². The Kier molecular flexibility index (Phi) is 2.63. The maximum absolute atomic E-state index is 10.4. The zero-order valence-electron chi connectivity index (χ0n) is 8.01. The van der Waals surface area contributed by atoms with Crippen molar-refractivity contribution in [2.45, 2.75) is 19.8 Å². The van der Waals surface area contributed by atoms with E-state index in [1.165, 1.54) is 0 Å². The number of aromatic nitrogens is 2. The first-order chi connectivity index (χ1) is 6.79. The summed E-state index contributed by atoms with van der Waals surface area (Å²) in [6.45, 7) is 1.94. The summed E-state index contributed by atoms with van der Waals surface area (Å²) in [5.74, 6) is 0.134. The lowest BCUT2D eigenvalue weighted by Gasteiger charge is -1.99. The molecule has 0 aliphatic rings. The summed E-state index contributed by atoms with van der Waals surface area (Å²) in [6, 6.07) is 0. The molecule has 0 fully saturated rings. The van der Waals surface area contributed by atoms with Gasteiger partial charge >= 0.3 is 0 Å². The zero-order chi connectivity index (χ0) is 9.97. The number of hydrogen-bond acceptors (Lipinski definition) is 3. The molecule has 0 radical (unpaired) electrons. The van der Waals surface area contributed by atoms with Gasteiger partial charge in [-0.25, -0.2) is 4.98 Å². The number of aryl methyl sites for hydroxylation is 1. The zero-order valence-corrected chi connectivity index (χ0v) is 8.83. The molecule has 3 nitrogen and oxygen atoms in total. The Morgan fingerprint density at radius 2 is 2.57 bits per heavy atom. The van der Waals surface area contributed by atoms with Crippen molar-refractivity contribution in [3.63, 3.8) is 0 Å². The summed E-state index contributed by atoms with van der Waals surface area (Å²) in [6.07, 6.45) is 6.80. The van der Waals surface area contributed by atoms with E-state index < -0.39 is 0 Å². The molecule has 0 bridgehead atoms. The minimum absolute atomic E-state index is 0.134. The van der Waals surface area contributed by atoms with Crippen LogP contribution in [0.4, 0.5) is 0 Å². The van der Waals surface area contributed by atoms with Crippen molar-refractivity contribution >= 4 is 22.6 Å². The van der Waals surface area contributed by atoms with Gasteiger partial charge in [-0.15, -0.1) is 11.3 Å². The van der Waals surface area contributed by atoms with Crippen LogP contribution in [0.3, 0.4) is 0 Å². The predicted molar refractivity (Wildman–Crippen MR) is 56.6 cm³/mol. The number of fused-ring (bicyclic) bond motifs is 1. The number of hydrogen-bond donors (Lipinski definition) is 0. The summed E-state index contributed by atoms with van der Waals surface area (Å²) >= 11 is 1.63. The van der Waals surface area contributed by atoms with Gasteiger partial charge in [0.1, 0.15) is 6.29 Å². The molecule has 0 amide bonds. The lowest BCUT2D eigenvalue weighted by Crippen LogP contribution is -1.98. The second kappa shape index (κ2) is 3.92. The standard InChI is InChI=1S/C10H12N2OS/c1-8(7-13)2-3-9-6-12-4-5-14-10(12)11-9/h4-8H,2-3H2,1H3. The van der Waals surface area contributed by atoms with Crippen molar-refractivity contribution in [2.24, 2.45) is 5.92 Å². The molecule has 2 aromatic rings. The van der Waals surface area contributed by atoms with Crippen molar-refractivity contribution < 1.29 is 4.79 Å². The van der Waals surface area contributed by atoms with E-state index in [4.69, 9.17) is 0 Å². The van der Waals surface area contributed by atoms with Crippen LogP contribution in [0.15, 0.2) is 17.8 Å². The second-order valence-electron chi connectivity index (χ2n) is 3.48. The summed E-state index contributed by atoms with van der Waals surface area (Å²) in [5.41, 5.74) is 1.07. The van der Waals surface area contributed by atoms with E-state index in [0.29, 0.717) is 0 Å². The number of rotatable bonds is 4. The monoisotopic (exact) mass is 208 g/mol. The van der Waals surface area contributed by atoms with E-state index in [1.54, 1.807) is 11.3 Å². The van der Waals surface area contributed by atoms with E-state index in [-0.39, 0.29) is 5.92 Å². The molecule has 0 saturated carbocycles. The van der Waals surface area contributed by atoms with Gasteiger partial charge in [0.05, 0.1) is 5.69 Å². The van der Waals surface area contributed by atoms with Crippen molar-refractivity contribution in [2.75, 3.05) is 0 Å². The first kappa shape index (κ1) is 9.40. The molecular formula is C10H12N2OS. The molecular weight excluding hydrogens is 196 g/mol. The average Bonchev–Trinajstić information content (AvgIpc) is 2.73. The molecule has 1 atom stereocenters. The molecule has 0 aliphatic carbocycles. The Balaban J connectivity index is 2.05. The van der Waals surface area contributed by atoms with Crippen LogP contribution in [0.25, 0.3) is 4.96 Å². The fourth-order valence-corrected chi connectivity index (χ4v) is 2.06. The number of imidazole rings is 1. The Morgan fingerprint density at radius 3 is 3.29 bits per heavy atom. The average molecular weight is 208 g/mol. The Hall–Kier alpha value is -1.16.